The van der Waals surface area contributed by atoms with Crippen molar-refractivity contribution in [1.82, 2.24) is 0 Å². The van der Waals surface area contributed by atoms with Crippen LogP contribution in [0.4, 0.5) is 8.78 Å². The van der Waals surface area contributed by atoms with Gasteiger partial charge in [-0.15, -0.1) is 0 Å². The van der Waals surface area contributed by atoms with Gasteiger partial charge in [-0.05, 0) is 48.7 Å². The van der Waals surface area contributed by atoms with Gasteiger partial charge in [-0.2, -0.15) is 0 Å². The minimum Gasteiger partial charge on any atom is -0.494 e. The Kier molecular flexibility index (Phi) is 6.81. The summed E-state index contributed by atoms with van der Waals surface area (Å²) >= 11 is 0. The molecule has 0 saturated carbocycles. The van der Waals surface area contributed by atoms with Crippen LogP contribution < -0.4 is 4.74 Å². The molecule has 0 saturated heterocycles. The van der Waals surface area contributed by atoms with E-state index in [0.29, 0.717) is 18.6 Å². The Morgan fingerprint density at radius 2 is 1.62 bits per heavy atom. The van der Waals surface area contributed by atoms with Crippen molar-refractivity contribution < 1.29 is 13.5 Å². The minimum absolute atomic E-state index is 0.0737. The third-order valence-corrected chi connectivity index (χ3v) is 3.76. The summed E-state index contributed by atoms with van der Waals surface area (Å²) in [6.07, 6.45) is 3.81. The molecule has 2 rings (SSSR count). The van der Waals surface area contributed by atoms with E-state index in [4.69, 9.17) is 4.74 Å². The number of ether oxygens (including phenoxy) is 1. The average Bonchev–Trinajstić information content (AvgIpc) is 2.61. The van der Waals surface area contributed by atoms with E-state index in [-0.39, 0.29) is 5.56 Å². The molecule has 0 fully saturated rings. The van der Waals surface area contributed by atoms with Crippen LogP contribution in [0.25, 0.3) is 0 Å². The Morgan fingerprint density at radius 1 is 0.875 bits per heavy atom. The molecule has 0 N–H and O–H groups in total. The van der Waals surface area contributed by atoms with Gasteiger partial charge >= 0.3 is 0 Å². The lowest BCUT2D eigenvalue weighted by Gasteiger charge is -2.05. The van der Waals surface area contributed by atoms with E-state index in [1.165, 1.54) is 6.07 Å². The van der Waals surface area contributed by atoms with Crippen molar-refractivity contribution in [2.45, 2.75) is 39.5 Å². The number of hydrogen-bond acceptors (Lipinski definition) is 1. The first-order chi connectivity index (χ1) is 11.7. The Labute approximate surface area is 142 Å². The number of benzene rings is 2. The lowest BCUT2D eigenvalue weighted by molar-refractivity contribution is 0.306. The Hall–Kier alpha value is -2.34. The molecule has 0 spiro atoms. The van der Waals surface area contributed by atoms with Crippen LogP contribution in [0.5, 0.6) is 5.75 Å². The molecule has 2 aromatic rings. The largest absolute Gasteiger partial charge is 0.494 e. The highest BCUT2D eigenvalue weighted by Gasteiger charge is 2.10. The summed E-state index contributed by atoms with van der Waals surface area (Å²) in [6, 6.07) is 10.4. The predicted octanol–water partition coefficient (Wildman–Crippen LogP) is 5.50. The van der Waals surface area contributed by atoms with Crippen molar-refractivity contribution >= 4 is 0 Å². The molecule has 0 aliphatic carbocycles. The summed E-state index contributed by atoms with van der Waals surface area (Å²) in [5.74, 6) is 4.66. The first kappa shape index (κ1) is 18.0. The van der Waals surface area contributed by atoms with Crippen LogP contribution in [0, 0.1) is 23.5 Å². The molecule has 0 radical (unpaired) electrons. The lowest BCUT2D eigenvalue weighted by atomic mass is 10.1. The number of halogens is 2. The Morgan fingerprint density at radius 3 is 2.29 bits per heavy atom. The molecular weight excluding hydrogens is 306 g/mol. The van der Waals surface area contributed by atoms with Crippen molar-refractivity contribution in [3.63, 3.8) is 0 Å². The van der Waals surface area contributed by atoms with Gasteiger partial charge in [-0.25, -0.2) is 8.78 Å². The van der Waals surface area contributed by atoms with Gasteiger partial charge in [0.25, 0.3) is 0 Å². The van der Waals surface area contributed by atoms with Gasteiger partial charge in [0.15, 0.2) is 11.6 Å². The first-order valence-corrected chi connectivity index (χ1v) is 8.37. The van der Waals surface area contributed by atoms with Crippen molar-refractivity contribution in [2.75, 3.05) is 6.61 Å². The monoisotopic (exact) mass is 328 g/mol. The summed E-state index contributed by atoms with van der Waals surface area (Å²) < 4.78 is 33.3. The fraction of sp³-hybridized carbons (Fsp3) is 0.333. The van der Waals surface area contributed by atoms with Gasteiger partial charge in [-0.1, -0.05) is 44.6 Å². The number of hydrogen-bond donors (Lipinski definition) is 0. The van der Waals surface area contributed by atoms with Crippen molar-refractivity contribution in [2.24, 2.45) is 0 Å². The Balaban J connectivity index is 2.05. The second-order valence-electron chi connectivity index (χ2n) is 5.58. The standard InChI is InChI=1S/C21H22F2O/c1-3-5-6-15-24-19-13-8-16(9-14-19)7-10-18-12-11-17(4-2)20(22)21(18)23/h8-9,11-14H,3-6,15H2,1-2H3. The van der Waals surface area contributed by atoms with Crippen LogP contribution in [0.1, 0.15) is 49.8 Å². The highest BCUT2D eigenvalue weighted by Crippen LogP contribution is 2.17. The second kappa shape index (κ2) is 9.08. The molecule has 126 valence electrons. The second-order valence-corrected chi connectivity index (χ2v) is 5.58. The number of rotatable bonds is 6. The zero-order valence-corrected chi connectivity index (χ0v) is 14.2. The maximum atomic E-state index is 13.9. The molecule has 2 aromatic carbocycles. The maximum absolute atomic E-state index is 13.9. The highest BCUT2D eigenvalue weighted by atomic mass is 19.2. The third-order valence-electron chi connectivity index (χ3n) is 3.76. The van der Waals surface area contributed by atoms with Crippen molar-refractivity contribution in [1.29, 1.82) is 0 Å². The molecule has 0 aliphatic rings. The first-order valence-electron chi connectivity index (χ1n) is 8.37. The fourth-order valence-electron chi connectivity index (χ4n) is 2.28. The van der Waals surface area contributed by atoms with Crippen LogP contribution in [0.2, 0.25) is 0 Å². The van der Waals surface area contributed by atoms with E-state index >= 15 is 0 Å². The topological polar surface area (TPSA) is 9.23 Å². The molecule has 0 bridgehead atoms. The van der Waals surface area contributed by atoms with Crippen LogP contribution in [-0.2, 0) is 6.42 Å². The molecule has 0 atom stereocenters. The lowest BCUT2D eigenvalue weighted by Crippen LogP contribution is -1.97. The van der Waals surface area contributed by atoms with E-state index in [1.807, 2.05) is 24.3 Å². The SMILES string of the molecule is CCCCCOc1ccc(C#Cc2ccc(CC)c(F)c2F)cc1. The highest BCUT2D eigenvalue weighted by molar-refractivity contribution is 5.45. The van der Waals surface area contributed by atoms with Gasteiger partial charge < -0.3 is 4.74 Å². The van der Waals surface area contributed by atoms with E-state index in [9.17, 15) is 8.78 Å². The number of aryl methyl sites for hydroxylation is 1. The van der Waals surface area contributed by atoms with Gasteiger partial charge in [0.05, 0.1) is 12.2 Å². The fourth-order valence-corrected chi connectivity index (χ4v) is 2.28. The van der Waals surface area contributed by atoms with Crippen LogP contribution in [-0.4, -0.2) is 6.61 Å². The van der Waals surface area contributed by atoms with Gasteiger partial charge in [0.2, 0.25) is 0 Å². The number of unbranched alkanes of at least 4 members (excludes halogenated alkanes) is 2. The van der Waals surface area contributed by atoms with E-state index in [0.717, 1.165) is 30.6 Å². The molecule has 24 heavy (non-hydrogen) atoms. The van der Waals surface area contributed by atoms with E-state index in [1.54, 1.807) is 13.0 Å². The van der Waals surface area contributed by atoms with Crippen molar-refractivity contribution in [3.8, 4) is 17.6 Å². The van der Waals surface area contributed by atoms with Gasteiger partial charge in [0, 0.05) is 5.56 Å². The molecule has 0 aromatic heterocycles. The quantitative estimate of drug-likeness (QED) is 0.503. The summed E-state index contributed by atoms with van der Waals surface area (Å²) in [7, 11) is 0. The molecule has 0 heterocycles. The smallest absolute Gasteiger partial charge is 0.174 e. The zero-order chi connectivity index (χ0) is 17.4. The zero-order valence-electron chi connectivity index (χ0n) is 14.2. The minimum atomic E-state index is -0.877. The predicted molar refractivity (Wildman–Crippen MR) is 93.2 cm³/mol. The van der Waals surface area contributed by atoms with Crippen LogP contribution >= 0.6 is 0 Å². The van der Waals surface area contributed by atoms with Gasteiger partial charge in [0.1, 0.15) is 5.75 Å². The normalized spacial score (nSPS) is 10.2. The molecular formula is C21H22F2O. The van der Waals surface area contributed by atoms with Crippen molar-refractivity contribution in [3.05, 3.63) is 64.7 Å². The molecule has 0 aliphatic heterocycles. The molecule has 3 heteroatoms. The molecule has 0 unspecified atom stereocenters. The summed E-state index contributed by atoms with van der Waals surface area (Å²) in [6.45, 7) is 4.64. The molecule has 0 amide bonds. The summed E-state index contributed by atoms with van der Waals surface area (Å²) in [4.78, 5) is 0. The Bertz CT molecular complexity index is 724. The summed E-state index contributed by atoms with van der Waals surface area (Å²) in [5.41, 5.74) is 1.17. The van der Waals surface area contributed by atoms with Crippen LogP contribution in [0.3, 0.4) is 0 Å². The van der Waals surface area contributed by atoms with Crippen LogP contribution in [0.15, 0.2) is 36.4 Å². The van der Waals surface area contributed by atoms with E-state index in [2.05, 4.69) is 18.8 Å². The maximum Gasteiger partial charge on any atom is 0.174 e. The van der Waals surface area contributed by atoms with E-state index < -0.39 is 11.6 Å². The van der Waals surface area contributed by atoms with Gasteiger partial charge in [-0.3, -0.25) is 0 Å². The summed E-state index contributed by atoms with van der Waals surface area (Å²) in [5, 5.41) is 0. The molecule has 1 nitrogen and oxygen atoms in total. The average molecular weight is 328 g/mol. The third kappa shape index (κ3) is 4.83.